The first-order valence-corrected chi connectivity index (χ1v) is 11.2. The van der Waals surface area contributed by atoms with Gasteiger partial charge in [-0.05, 0) is 44.1 Å². The van der Waals surface area contributed by atoms with Gasteiger partial charge < -0.3 is 24.3 Å². The van der Waals surface area contributed by atoms with Gasteiger partial charge in [-0.3, -0.25) is 9.78 Å². The fourth-order valence-electron chi connectivity index (χ4n) is 3.90. The first-order valence-electron chi connectivity index (χ1n) is 11.2. The molecule has 0 bridgehead atoms. The van der Waals surface area contributed by atoms with Crippen LogP contribution in [0.4, 0.5) is 0 Å². The predicted molar refractivity (Wildman–Crippen MR) is 128 cm³/mol. The molecule has 0 saturated heterocycles. The number of benzene rings is 1. The molecule has 7 heteroatoms. The molecular weight excluding hydrogens is 420 g/mol. The van der Waals surface area contributed by atoms with Crippen molar-refractivity contribution in [2.24, 2.45) is 0 Å². The highest BCUT2D eigenvalue weighted by Gasteiger charge is 2.21. The minimum atomic E-state index is -0.194. The number of methoxy groups -OCH3 is 3. The molecule has 1 aromatic heterocycles. The molecule has 1 aliphatic carbocycles. The Hall–Kier alpha value is -3.48. The molecule has 3 rings (SSSR count). The van der Waals surface area contributed by atoms with Crippen molar-refractivity contribution in [3.8, 4) is 17.2 Å². The molecule has 176 valence electrons. The molecule has 1 amide bonds. The number of amides is 1. The van der Waals surface area contributed by atoms with Crippen LogP contribution in [0.1, 0.15) is 39.0 Å². The van der Waals surface area contributed by atoms with E-state index in [1.54, 1.807) is 51.8 Å². The minimum absolute atomic E-state index is 0.169. The lowest BCUT2D eigenvalue weighted by atomic mass is 9.95. The molecule has 0 aliphatic heterocycles. The van der Waals surface area contributed by atoms with Crippen LogP contribution in [0.25, 0.3) is 10.9 Å². The zero-order valence-electron chi connectivity index (χ0n) is 19.7. The summed E-state index contributed by atoms with van der Waals surface area (Å²) >= 11 is 0. The van der Waals surface area contributed by atoms with Crippen molar-refractivity contribution in [1.29, 1.82) is 0 Å². The number of rotatable bonds is 9. The third-order valence-corrected chi connectivity index (χ3v) is 5.57. The van der Waals surface area contributed by atoms with Crippen molar-refractivity contribution in [1.82, 2.24) is 10.3 Å². The largest absolute Gasteiger partial charge is 0.504 e. The van der Waals surface area contributed by atoms with E-state index in [0.29, 0.717) is 34.1 Å². The van der Waals surface area contributed by atoms with Gasteiger partial charge in [-0.2, -0.15) is 0 Å². The van der Waals surface area contributed by atoms with Crippen LogP contribution in [-0.4, -0.2) is 38.3 Å². The van der Waals surface area contributed by atoms with Crippen LogP contribution in [0.3, 0.4) is 0 Å². The maximum absolute atomic E-state index is 13.2. The lowest BCUT2D eigenvalue weighted by Crippen LogP contribution is -2.37. The molecule has 1 N–H and O–H groups in total. The van der Waals surface area contributed by atoms with Gasteiger partial charge in [-0.25, -0.2) is 0 Å². The second-order valence-electron chi connectivity index (χ2n) is 7.76. The minimum Gasteiger partial charge on any atom is -0.504 e. The predicted octanol–water partition coefficient (Wildman–Crippen LogP) is 5.07. The Kier molecular flexibility index (Phi) is 8.75. The van der Waals surface area contributed by atoms with Crippen LogP contribution >= 0.6 is 0 Å². The van der Waals surface area contributed by atoms with E-state index in [1.165, 1.54) is 12.7 Å². The second-order valence-corrected chi connectivity index (χ2v) is 7.76. The summed E-state index contributed by atoms with van der Waals surface area (Å²) in [7, 11) is 4.70. The van der Waals surface area contributed by atoms with Gasteiger partial charge in [0, 0.05) is 23.7 Å². The lowest BCUT2D eigenvalue weighted by molar-refractivity contribution is -0.118. The second kappa shape index (κ2) is 11.9. The summed E-state index contributed by atoms with van der Waals surface area (Å²) in [6.45, 7) is 1.87. The number of fused-ring (bicyclic) bond motifs is 1. The SMILES string of the molecule is C\C=C/C(Oc1ccnc2cc(OC)c(OC)cc12)=C(\C=C\OC)C(=O)NC1CCCCC1. The number of hydrogen-bond donors (Lipinski definition) is 1. The lowest BCUT2D eigenvalue weighted by Gasteiger charge is -2.23. The van der Waals surface area contributed by atoms with Crippen LogP contribution < -0.4 is 19.5 Å². The number of carbonyl (C=O) groups excluding carboxylic acids is 1. The van der Waals surface area contributed by atoms with Crippen LogP contribution in [0.2, 0.25) is 0 Å². The molecule has 33 heavy (non-hydrogen) atoms. The molecule has 1 saturated carbocycles. The number of nitrogens with one attached hydrogen (secondary N) is 1. The van der Waals surface area contributed by atoms with Crippen LogP contribution in [-0.2, 0) is 9.53 Å². The summed E-state index contributed by atoms with van der Waals surface area (Å²) in [6.07, 6.45) is 13.8. The third kappa shape index (κ3) is 6.06. The van der Waals surface area contributed by atoms with E-state index in [4.69, 9.17) is 18.9 Å². The van der Waals surface area contributed by atoms with Crippen molar-refractivity contribution < 1.29 is 23.7 Å². The van der Waals surface area contributed by atoms with Crippen molar-refractivity contribution >= 4 is 16.8 Å². The molecule has 0 unspecified atom stereocenters. The van der Waals surface area contributed by atoms with Crippen LogP contribution in [0.15, 0.2) is 60.2 Å². The number of nitrogens with zero attached hydrogens (tertiary/aromatic N) is 1. The Labute approximate surface area is 195 Å². The summed E-state index contributed by atoms with van der Waals surface area (Å²) in [5.74, 6) is 1.90. The number of aromatic nitrogens is 1. The molecule has 0 atom stereocenters. The maximum Gasteiger partial charge on any atom is 0.255 e. The van der Waals surface area contributed by atoms with Gasteiger partial charge in [0.15, 0.2) is 11.5 Å². The average Bonchev–Trinajstić information content (AvgIpc) is 2.84. The zero-order valence-corrected chi connectivity index (χ0v) is 19.7. The van der Waals surface area contributed by atoms with Crippen molar-refractivity contribution in [2.75, 3.05) is 21.3 Å². The average molecular weight is 453 g/mol. The van der Waals surface area contributed by atoms with Gasteiger partial charge >= 0.3 is 0 Å². The van der Waals surface area contributed by atoms with E-state index >= 15 is 0 Å². The Morgan fingerprint density at radius 2 is 1.76 bits per heavy atom. The Morgan fingerprint density at radius 3 is 2.42 bits per heavy atom. The first kappa shape index (κ1) is 24.2. The van der Waals surface area contributed by atoms with E-state index in [1.807, 2.05) is 19.1 Å². The fourth-order valence-corrected chi connectivity index (χ4v) is 3.90. The highest BCUT2D eigenvalue weighted by atomic mass is 16.5. The van der Waals surface area contributed by atoms with Crippen molar-refractivity contribution in [3.05, 3.63) is 60.2 Å². The molecule has 1 fully saturated rings. The monoisotopic (exact) mass is 452 g/mol. The van der Waals surface area contributed by atoms with Gasteiger partial charge in [-0.1, -0.05) is 25.3 Å². The summed E-state index contributed by atoms with van der Waals surface area (Å²) in [5, 5.41) is 3.89. The van der Waals surface area contributed by atoms with E-state index in [-0.39, 0.29) is 11.9 Å². The Balaban J connectivity index is 2.03. The molecule has 1 aromatic carbocycles. The topological polar surface area (TPSA) is 78.9 Å². The maximum atomic E-state index is 13.2. The van der Waals surface area contributed by atoms with Gasteiger partial charge in [0.25, 0.3) is 5.91 Å². The fraction of sp³-hybridized carbons (Fsp3) is 0.385. The molecule has 0 radical (unpaired) electrons. The van der Waals surface area contributed by atoms with Crippen molar-refractivity contribution in [2.45, 2.75) is 45.1 Å². The molecule has 7 nitrogen and oxygen atoms in total. The zero-order chi connectivity index (χ0) is 23.6. The van der Waals surface area contributed by atoms with Crippen LogP contribution in [0.5, 0.6) is 17.2 Å². The molecule has 0 spiro atoms. The number of allylic oxidation sites excluding steroid dienone is 2. The Bertz CT molecular complexity index is 1050. The molecule has 1 heterocycles. The van der Waals surface area contributed by atoms with Crippen molar-refractivity contribution in [3.63, 3.8) is 0 Å². The van der Waals surface area contributed by atoms with E-state index in [0.717, 1.165) is 31.1 Å². The number of pyridine rings is 1. The van der Waals surface area contributed by atoms with Gasteiger partial charge in [-0.15, -0.1) is 0 Å². The van der Waals surface area contributed by atoms with E-state index in [9.17, 15) is 4.79 Å². The Morgan fingerprint density at radius 1 is 1.03 bits per heavy atom. The molecular formula is C26H32N2O5. The number of hydrogen-bond acceptors (Lipinski definition) is 6. The quantitative estimate of drug-likeness (QED) is 0.325. The van der Waals surface area contributed by atoms with E-state index in [2.05, 4.69) is 10.3 Å². The van der Waals surface area contributed by atoms with Gasteiger partial charge in [0.2, 0.25) is 0 Å². The number of ether oxygens (including phenoxy) is 4. The summed E-state index contributed by atoms with van der Waals surface area (Å²) < 4.78 is 22.2. The first-order chi connectivity index (χ1) is 16.1. The summed E-state index contributed by atoms with van der Waals surface area (Å²) in [5.41, 5.74) is 1.07. The van der Waals surface area contributed by atoms with E-state index < -0.39 is 0 Å². The third-order valence-electron chi connectivity index (χ3n) is 5.57. The van der Waals surface area contributed by atoms with Gasteiger partial charge in [0.1, 0.15) is 11.5 Å². The van der Waals surface area contributed by atoms with Crippen LogP contribution in [0, 0.1) is 0 Å². The molecule has 2 aromatic rings. The highest BCUT2D eigenvalue weighted by Crippen LogP contribution is 2.36. The standard InChI is InChI=1S/C26H32N2O5/c1-5-9-22(19(13-15-30-2)26(29)28-18-10-7-6-8-11-18)33-23-12-14-27-21-17-25(32-4)24(31-3)16-20(21)23/h5,9,12-18H,6-8,10-11H2,1-4H3,(H,28,29)/b9-5-,15-13+,22-19-. The number of carbonyl (C=O) groups is 1. The highest BCUT2D eigenvalue weighted by molar-refractivity contribution is 5.97. The normalized spacial score (nSPS) is 15.5. The molecule has 1 aliphatic rings. The summed E-state index contributed by atoms with van der Waals surface area (Å²) in [6, 6.07) is 5.54. The van der Waals surface area contributed by atoms with Gasteiger partial charge in [0.05, 0.1) is 38.7 Å². The summed E-state index contributed by atoms with van der Waals surface area (Å²) in [4.78, 5) is 17.7. The smallest absolute Gasteiger partial charge is 0.255 e.